The number of anilines is 1. The van der Waals surface area contributed by atoms with Gasteiger partial charge in [0.05, 0.1) is 6.04 Å². The zero-order valence-corrected chi connectivity index (χ0v) is 12.2. The molecule has 3 heterocycles. The molecule has 0 radical (unpaired) electrons. The summed E-state index contributed by atoms with van der Waals surface area (Å²) in [5.41, 5.74) is 7.00. The van der Waals surface area contributed by atoms with Gasteiger partial charge in [-0.05, 0) is 6.07 Å². The third kappa shape index (κ3) is 1.91. The van der Waals surface area contributed by atoms with Crippen molar-refractivity contribution in [2.24, 2.45) is 5.73 Å². The zero-order chi connectivity index (χ0) is 15.2. The third-order valence-corrected chi connectivity index (χ3v) is 4.73. The summed E-state index contributed by atoms with van der Waals surface area (Å²) in [4.78, 5) is 20.7. The van der Waals surface area contributed by atoms with E-state index in [2.05, 4.69) is 9.97 Å². The van der Waals surface area contributed by atoms with Crippen molar-refractivity contribution in [2.75, 3.05) is 18.0 Å². The van der Waals surface area contributed by atoms with Crippen molar-refractivity contribution in [3.63, 3.8) is 0 Å². The number of aromatic amines is 1. The van der Waals surface area contributed by atoms with Gasteiger partial charge in [-0.15, -0.1) is 0 Å². The minimum absolute atomic E-state index is 0.118. The van der Waals surface area contributed by atoms with E-state index in [1.165, 1.54) is 0 Å². The largest absolute Gasteiger partial charge is 0.485 e. The van der Waals surface area contributed by atoms with Crippen LogP contribution < -0.4 is 20.9 Å². The first-order chi connectivity index (χ1) is 10.7. The number of nitrogens with zero attached hydrogens (tertiary/aromatic N) is 2. The summed E-state index contributed by atoms with van der Waals surface area (Å²) < 4.78 is 6.20. The summed E-state index contributed by atoms with van der Waals surface area (Å²) in [7, 11) is 0. The lowest BCUT2D eigenvalue weighted by Gasteiger charge is -2.41. The predicted molar refractivity (Wildman–Crippen MR) is 83.0 cm³/mol. The average Bonchev–Trinajstić information content (AvgIpc) is 2.82. The topological polar surface area (TPSA) is 84.2 Å². The smallest absolute Gasteiger partial charge is 0.290 e. The summed E-state index contributed by atoms with van der Waals surface area (Å²) in [6.45, 7) is 1.42. The number of para-hydroxylation sites is 1. The van der Waals surface area contributed by atoms with Gasteiger partial charge >= 0.3 is 0 Å². The molecule has 1 fully saturated rings. The highest BCUT2D eigenvalue weighted by atomic mass is 16.5. The molecule has 3 N–H and O–H groups in total. The van der Waals surface area contributed by atoms with Gasteiger partial charge in [-0.3, -0.25) is 4.79 Å². The quantitative estimate of drug-likeness (QED) is 0.826. The highest BCUT2D eigenvalue weighted by Crippen LogP contribution is 2.46. The van der Waals surface area contributed by atoms with Gasteiger partial charge in [0.2, 0.25) is 0 Å². The molecule has 0 aliphatic carbocycles. The van der Waals surface area contributed by atoms with E-state index in [4.69, 9.17) is 10.5 Å². The molecule has 1 spiro atoms. The molecule has 2 aromatic rings. The summed E-state index contributed by atoms with van der Waals surface area (Å²) in [6.07, 6.45) is 4.70. The van der Waals surface area contributed by atoms with Crippen molar-refractivity contribution in [3.8, 4) is 5.75 Å². The van der Waals surface area contributed by atoms with Gasteiger partial charge in [0.25, 0.3) is 5.56 Å². The number of hydrogen-bond donors (Lipinski definition) is 2. The number of piperidine rings is 1. The van der Waals surface area contributed by atoms with E-state index >= 15 is 0 Å². The van der Waals surface area contributed by atoms with Crippen LogP contribution in [0.1, 0.15) is 24.4 Å². The standard InChI is InChI=1S/C16H18N4O2/c17-13-11-3-1-2-4-12(11)22-16(13)5-9-20(10-6-16)14-15(21)19-8-7-18-14/h1-4,7-8,13H,5-6,9-10,17H2,(H,19,21)/t13-/m1/s1. The fourth-order valence-electron chi connectivity index (χ4n) is 3.48. The maximum Gasteiger partial charge on any atom is 0.290 e. The second-order valence-electron chi connectivity index (χ2n) is 5.91. The second-order valence-corrected chi connectivity index (χ2v) is 5.91. The Balaban J connectivity index is 1.56. The van der Waals surface area contributed by atoms with Crippen LogP contribution in [0, 0.1) is 0 Å². The lowest BCUT2D eigenvalue weighted by Crippen LogP contribution is -2.52. The van der Waals surface area contributed by atoms with Gasteiger partial charge < -0.3 is 20.4 Å². The third-order valence-electron chi connectivity index (χ3n) is 4.73. The van der Waals surface area contributed by atoms with Crippen molar-refractivity contribution in [3.05, 3.63) is 52.6 Å². The van der Waals surface area contributed by atoms with E-state index in [1.807, 2.05) is 29.2 Å². The molecule has 1 aromatic carbocycles. The van der Waals surface area contributed by atoms with Gasteiger partial charge in [-0.25, -0.2) is 4.98 Å². The first kappa shape index (κ1) is 13.3. The first-order valence-corrected chi connectivity index (χ1v) is 7.52. The fourth-order valence-corrected chi connectivity index (χ4v) is 3.48. The molecule has 0 saturated carbocycles. The molecule has 2 aliphatic heterocycles. The van der Waals surface area contributed by atoms with E-state index in [1.54, 1.807) is 12.4 Å². The molecule has 6 nitrogen and oxygen atoms in total. The van der Waals surface area contributed by atoms with Gasteiger partial charge in [0, 0.05) is 43.9 Å². The highest BCUT2D eigenvalue weighted by molar-refractivity contribution is 5.44. The van der Waals surface area contributed by atoms with Crippen LogP contribution in [0.25, 0.3) is 0 Å². The molecule has 0 amide bonds. The van der Waals surface area contributed by atoms with Crippen LogP contribution in [0.15, 0.2) is 41.5 Å². The highest BCUT2D eigenvalue weighted by Gasteiger charge is 2.48. The fraction of sp³-hybridized carbons (Fsp3) is 0.375. The predicted octanol–water partition coefficient (Wildman–Crippen LogP) is 1.20. The van der Waals surface area contributed by atoms with E-state index in [9.17, 15) is 4.79 Å². The summed E-state index contributed by atoms with van der Waals surface area (Å²) >= 11 is 0. The normalized spacial score (nSPS) is 22.4. The number of rotatable bonds is 1. The Hall–Kier alpha value is -2.34. The number of ether oxygens (including phenoxy) is 1. The Morgan fingerprint density at radius 1 is 1.32 bits per heavy atom. The van der Waals surface area contributed by atoms with Crippen molar-refractivity contribution >= 4 is 5.82 Å². The summed E-state index contributed by atoms with van der Waals surface area (Å²) in [6, 6.07) is 7.84. The molecule has 4 rings (SSSR count). The maximum atomic E-state index is 11.9. The number of H-pyrrole nitrogens is 1. The van der Waals surface area contributed by atoms with Crippen molar-refractivity contribution in [2.45, 2.75) is 24.5 Å². The Bertz CT molecular complexity index is 750. The number of benzene rings is 1. The van der Waals surface area contributed by atoms with E-state index in [-0.39, 0.29) is 17.2 Å². The number of hydrogen-bond acceptors (Lipinski definition) is 5. The van der Waals surface area contributed by atoms with Crippen LogP contribution in [0.4, 0.5) is 5.82 Å². The van der Waals surface area contributed by atoms with Crippen LogP contribution in [0.3, 0.4) is 0 Å². The molecule has 0 unspecified atom stereocenters. The van der Waals surface area contributed by atoms with Crippen LogP contribution in [0.5, 0.6) is 5.75 Å². The number of aromatic nitrogens is 2. The molecular formula is C16H18N4O2. The summed E-state index contributed by atoms with van der Waals surface area (Å²) in [5, 5.41) is 0. The Morgan fingerprint density at radius 3 is 2.82 bits per heavy atom. The van der Waals surface area contributed by atoms with Crippen LogP contribution in [-0.4, -0.2) is 28.7 Å². The average molecular weight is 298 g/mol. The number of fused-ring (bicyclic) bond motifs is 1. The molecule has 114 valence electrons. The van der Waals surface area contributed by atoms with Crippen LogP contribution >= 0.6 is 0 Å². The molecular weight excluding hydrogens is 280 g/mol. The summed E-state index contributed by atoms with van der Waals surface area (Å²) in [5.74, 6) is 1.36. The van der Waals surface area contributed by atoms with Crippen LogP contribution in [-0.2, 0) is 0 Å². The van der Waals surface area contributed by atoms with Crippen LogP contribution in [0.2, 0.25) is 0 Å². The van der Waals surface area contributed by atoms with Crippen molar-refractivity contribution in [1.29, 1.82) is 0 Å². The van der Waals surface area contributed by atoms with E-state index in [0.29, 0.717) is 18.9 Å². The maximum absolute atomic E-state index is 11.9. The molecule has 1 saturated heterocycles. The van der Waals surface area contributed by atoms with Gasteiger partial charge in [-0.2, -0.15) is 0 Å². The second kappa shape index (κ2) is 4.84. The minimum Gasteiger partial charge on any atom is -0.485 e. The minimum atomic E-state index is -0.359. The van der Waals surface area contributed by atoms with Crippen molar-refractivity contribution in [1.82, 2.24) is 9.97 Å². The molecule has 1 atom stereocenters. The van der Waals surface area contributed by atoms with Gasteiger partial charge in [0.1, 0.15) is 11.4 Å². The molecule has 2 aliphatic rings. The zero-order valence-electron chi connectivity index (χ0n) is 12.2. The first-order valence-electron chi connectivity index (χ1n) is 7.52. The Morgan fingerprint density at radius 2 is 2.09 bits per heavy atom. The molecule has 1 aromatic heterocycles. The van der Waals surface area contributed by atoms with Gasteiger partial charge in [0.15, 0.2) is 5.82 Å². The number of nitrogens with one attached hydrogen (secondary N) is 1. The molecule has 22 heavy (non-hydrogen) atoms. The SMILES string of the molecule is N[C@@H]1c2ccccc2OC12CCN(c1ncc[nH]c1=O)CC2. The van der Waals surface area contributed by atoms with Gasteiger partial charge in [-0.1, -0.05) is 18.2 Å². The monoisotopic (exact) mass is 298 g/mol. The van der Waals surface area contributed by atoms with Crippen molar-refractivity contribution < 1.29 is 4.74 Å². The molecule has 6 heteroatoms. The lowest BCUT2D eigenvalue weighted by atomic mass is 9.83. The molecule has 0 bridgehead atoms. The van der Waals surface area contributed by atoms with E-state index in [0.717, 1.165) is 24.2 Å². The Labute approximate surface area is 127 Å². The van der Waals surface area contributed by atoms with E-state index < -0.39 is 0 Å². The number of nitrogens with two attached hydrogens (primary N) is 1. The Kier molecular flexibility index (Phi) is 2.94. The lowest BCUT2D eigenvalue weighted by molar-refractivity contribution is 0.0430.